The lowest BCUT2D eigenvalue weighted by Crippen LogP contribution is -2.33. The van der Waals surface area contributed by atoms with E-state index in [4.69, 9.17) is 0 Å². The van der Waals surface area contributed by atoms with E-state index in [9.17, 15) is 4.39 Å². The average molecular weight is 283 g/mol. The summed E-state index contributed by atoms with van der Waals surface area (Å²) in [6.07, 6.45) is 1.05. The van der Waals surface area contributed by atoms with Gasteiger partial charge in [0.05, 0.1) is 11.7 Å². The zero-order valence-corrected chi connectivity index (χ0v) is 11.7. The van der Waals surface area contributed by atoms with E-state index >= 15 is 0 Å². The van der Waals surface area contributed by atoms with Gasteiger partial charge in [-0.05, 0) is 42.8 Å². The van der Waals surface area contributed by atoms with Crippen molar-refractivity contribution >= 4 is 11.5 Å². The number of amidine groups is 1. The number of rotatable bonds is 2. The van der Waals surface area contributed by atoms with E-state index in [0.29, 0.717) is 0 Å². The van der Waals surface area contributed by atoms with Gasteiger partial charge in [0.2, 0.25) is 0 Å². The summed E-state index contributed by atoms with van der Waals surface area (Å²) in [5, 5.41) is 6.90. The third-order valence-corrected chi connectivity index (χ3v) is 3.49. The fourth-order valence-electron chi connectivity index (χ4n) is 2.43. The third kappa shape index (κ3) is 3.47. The molecule has 1 heterocycles. The fraction of sp³-hybridized carbons (Fsp3) is 0.235. The highest BCUT2D eigenvalue weighted by Gasteiger charge is 2.19. The summed E-state index contributed by atoms with van der Waals surface area (Å²) < 4.78 is 13.0. The summed E-state index contributed by atoms with van der Waals surface area (Å²) in [4.78, 5) is 4.65. The van der Waals surface area contributed by atoms with Gasteiger partial charge in [-0.15, -0.1) is 0 Å². The first-order valence-electron chi connectivity index (χ1n) is 7.19. The van der Waals surface area contributed by atoms with Gasteiger partial charge in [0.15, 0.2) is 0 Å². The minimum Gasteiger partial charge on any atom is -0.372 e. The van der Waals surface area contributed by atoms with E-state index in [-0.39, 0.29) is 11.9 Å². The smallest absolute Gasteiger partial charge is 0.124 e. The Bertz CT molecular complexity index is 608. The van der Waals surface area contributed by atoms with Gasteiger partial charge in [0, 0.05) is 6.54 Å². The number of hydrogen-bond donors (Lipinski definition) is 2. The van der Waals surface area contributed by atoms with Crippen LogP contribution in [0.3, 0.4) is 0 Å². The molecule has 2 aromatic rings. The van der Waals surface area contributed by atoms with Crippen molar-refractivity contribution in [1.29, 1.82) is 0 Å². The van der Waals surface area contributed by atoms with Crippen LogP contribution >= 0.6 is 0 Å². The Hall–Kier alpha value is -2.20. The first-order valence-corrected chi connectivity index (χ1v) is 7.19. The van der Waals surface area contributed by atoms with Gasteiger partial charge in [-0.3, -0.25) is 0 Å². The lowest BCUT2D eigenvalue weighted by atomic mass is 10.1. The van der Waals surface area contributed by atoms with Gasteiger partial charge >= 0.3 is 0 Å². The van der Waals surface area contributed by atoms with Gasteiger partial charge in [0.25, 0.3) is 0 Å². The predicted octanol–water partition coefficient (Wildman–Crippen LogP) is 3.18. The maximum Gasteiger partial charge on any atom is 0.124 e. The normalized spacial score (nSPS) is 20.8. The Morgan fingerprint density at radius 3 is 2.48 bits per heavy atom. The van der Waals surface area contributed by atoms with Crippen molar-refractivity contribution in [3.8, 4) is 0 Å². The molecule has 108 valence electrons. The second kappa shape index (κ2) is 6.50. The van der Waals surface area contributed by atoms with Crippen LogP contribution in [0.15, 0.2) is 59.6 Å². The van der Waals surface area contributed by atoms with Gasteiger partial charge in [-0.2, -0.15) is 0 Å². The number of nitrogens with zero attached hydrogens (tertiary/aromatic N) is 1. The van der Waals surface area contributed by atoms with Gasteiger partial charge in [-0.25, -0.2) is 9.38 Å². The quantitative estimate of drug-likeness (QED) is 0.888. The zero-order chi connectivity index (χ0) is 14.5. The molecule has 1 saturated heterocycles. The molecule has 0 amide bonds. The third-order valence-electron chi connectivity index (χ3n) is 3.49. The molecule has 0 radical (unpaired) electrons. The summed E-state index contributed by atoms with van der Waals surface area (Å²) in [5.41, 5.74) is 1.93. The van der Waals surface area contributed by atoms with Gasteiger partial charge in [0.1, 0.15) is 11.7 Å². The molecular weight excluding hydrogens is 265 g/mol. The molecular formula is C17H18FN3. The van der Waals surface area contributed by atoms with Crippen LogP contribution in [-0.4, -0.2) is 18.9 Å². The molecule has 2 N–H and O–H groups in total. The molecule has 1 unspecified atom stereocenters. The molecule has 4 heteroatoms. The zero-order valence-electron chi connectivity index (χ0n) is 11.7. The molecule has 0 saturated carbocycles. The van der Waals surface area contributed by atoms with E-state index in [1.165, 1.54) is 17.7 Å². The van der Waals surface area contributed by atoms with Crippen molar-refractivity contribution in [2.45, 2.75) is 12.5 Å². The van der Waals surface area contributed by atoms with E-state index in [1.54, 1.807) is 12.1 Å². The van der Waals surface area contributed by atoms with E-state index in [0.717, 1.165) is 31.0 Å². The lowest BCUT2D eigenvalue weighted by molar-refractivity contribution is 0.628. The summed E-state index contributed by atoms with van der Waals surface area (Å²) in [7, 11) is 0. The number of halogens is 1. The van der Waals surface area contributed by atoms with Crippen LogP contribution in [0.5, 0.6) is 0 Å². The minimum atomic E-state index is -0.245. The summed E-state index contributed by atoms with van der Waals surface area (Å²) in [6.45, 7) is 1.82. The van der Waals surface area contributed by atoms with Crippen LogP contribution in [0.25, 0.3) is 0 Å². The Morgan fingerprint density at radius 2 is 1.71 bits per heavy atom. The Morgan fingerprint density at radius 1 is 0.952 bits per heavy atom. The van der Waals surface area contributed by atoms with Crippen LogP contribution in [0.1, 0.15) is 18.0 Å². The number of aliphatic imine (C=N–C) groups is 1. The van der Waals surface area contributed by atoms with Crippen molar-refractivity contribution in [2.75, 3.05) is 13.1 Å². The van der Waals surface area contributed by atoms with Crippen LogP contribution in [0.4, 0.5) is 10.1 Å². The highest BCUT2D eigenvalue weighted by molar-refractivity contribution is 5.90. The molecule has 0 spiro atoms. The van der Waals surface area contributed by atoms with Crippen LogP contribution in [-0.2, 0) is 0 Å². The lowest BCUT2D eigenvalue weighted by Gasteiger charge is -2.19. The van der Waals surface area contributed by atoms with E-state index in [1.807, 2.05) is 18.2 Å². The van der Waals surface area contributed by atoms with Crippen LogP contribution in [0.2, 0.25) is 0 Å². The van der Waals surface area contributed by atoms with Gasteiger partial charge < -0.3 is 10.6 Å². The number of hydrogen-bond acceptors (Lipinski definition) is 2. The molecule has 0 aliphatic carbocycles. The highest BCUT2D eigenvalue weighted by atomic mass is 19.1. The molecule has 1 atom stereocenters. The topological polar surface area (TPSA) is 36.4 Å². The summed E-state index contributed by atoms with van der Waals surface area (Å²) in [6, 6.07) is 16.5. The monoisotopic (exact) mass is 283 g/mol. The second-order valence-corrected chi connectivity index (χ2v) is 5.05. The van der Waals surface area contributed by atoms with Crippen molar-refractivity contribution in [3.05, 3.63) is 66.0 Å². The first kappa shape index (κ1) is 13.8. The Balaban J connectivity index is 1.93. The number of nitrogens with one attached hydrogen (secondary N) is 2. The molecule has 1 aliphatic heterocycles. The largest absolute Gasteiger partial charge is 0.372 e. The molecule has 1 fully saturated rings. The maximum absolute atomic E-state index is 13.0. The molecule has 21 heavy (non-hydrogen) atoms. The average Bonchev–Trinajstić information content (AvgIpc) is 2.76. The van der Waals surface area contributed by atoms with E-state index in [2.05, 4.69) is 27.8 Å². The standard InChI is InChI=1S/C17H18FN3/c18-14-7-9-15(10-8-14)21-17-16(19-11-4-12-20-17)13-5-2-1-3-6-13/h1-3,5-10,16,19H,4,11-12H2,(H,20,21). The van der Waals surface area contributed by atoms with Gasteiger partial charge in [-0.1, -0.05) is 30.3 Å². The Kier molecular flexibility index (Phi) is 4.26. The minimum absolute atomic E-state index is 0.0405. The predicted molar refractivity (Wildman–Crippen MR) is 83.3 cm³/mol. The molecule has 0 bridgehead atoms. The molecule has 2 aromatic carbocycles. The highest BCUT2D eigenvalue weighted by Crippen LogP contribution is 2.19. The van der Waals surface area contributed by atoms with Crippen molar-refractivity contribution < 1.29 is 4.39 Å². The SMILES string of the molecule is Fc1ccc(/N=C2\NCCCNC2c2ccccc2)cc1. The fourth-order valence-corrected chi connectivity index (χ4v) is 2.43. The number of benzene rings is 2. The molecule has 3 rings (SSSR count). The summed E-state index contributed by atoms with van der Waals surface area (Å²) in [5.74, 6) is 0.635. The molecule has 0 aromatic heterocycles. The molecule has 1 aliphatic rings. The van der Waals surface area contributed by atoms with Crippen molar-refractivity contribution in [2.24, 2.45) is 4.99 Å². The van der Waals surface area contributed by atoms with Crippen molar-refractivity contribution in [1.82, 2.24) is 10.6 Å². The van der Waals surface area contributed by atoms with Crippen LogP contribution in [0, 0.1) is 5.82 Å². The molecule has 3 nitrogen and oxygen atoms in total. The van der Waals surface area contributed by atoms with E-state index < -0.39 is 0 Å². The summed E-state index contributed by atoms with van der Waals surface area (Å²) >= 11 is 0. The van der Waals surface area contributed by atoms with Crippen molar-refractivity contribution in [3.63, 3.8) is 0 Å². The Labute approximate surface area is 123 Å². The van der Waals surface area contributed by atoms with Crippen LogP contribution < -0.4 is 10.6 Å². The first-order chi connectivity index (χ1) is 10.3. The maximum atomic E-state index is 13.0. The second-order valence-electron chi connectivity index (χ2n) is 5.05.